The smallest absolute Gasteiger partial charge is 0.237 e. The lowest BCUT2D eigenvalue weighted by molar-refractivity contribution is -0.130. The second-order valence-electron chi connectivity index (χ2n) is 6.42. The molecular weight excluding hydrogens is 226 g/mol. The maximum atomic E-state index is 12.1. The number of hydrogen-bond donors (Lipinski definition) is 1. The molecule has 1 N–H and O–H groups in total. The zero-order valence-electron chi connectivity index (χ0n) is 12.2. The molecule has 1 aliphatic heterocycles. The fourth-order valence-electron chi connectivity index (χ4n) is 3.44. The quantitative estimate of drug-likeness (QED) is 0.819. The van der Waals surface area contributed by atoms with Gasteiger partial charge in [-0.25, -0.2) is 0 Å². The van der Waals surface area contributed by atoms with Crippen molar-refractivity contribution in [2.75, 3.05) is 27.2 Å². The Balaban J connectivity index is 2.12. The van der Waals surface area contributed by atoms with Crippen molar-refractivity contribution in [1.82, 2.24) is 15.1 Å². The summed E-state index contributed by atoms with van der Waals surface area (Å²) in [5.41, 5.74) is 0.203. The molecule has 1 unspecified atom stereocenters. The van der Waals surface area contributed by atoms with Crippen LogP contribution in [0.5, 0.6) is 0 Å². The minimum atomic E-state index is 0.203. The summed E-state index contributed by atoms with van der Waals surface area (Å²) in [5, 5.41) is 3.34. The number of hydrogen-bond acceptors (Lipinski definition) is 3. The molecule has 0 aromatic heterocycles. The predicted molar refractivity (Wildman–Crippen MR) is 73.2 cm³/mol. The maximum Gasteiger partial charge on any atom is 0.237 e. The lowest BCUT2D eigenvalue weighted by Crippen LogP contribution is -2.54. The van der Waals surface area contributed by atoms with E-state index in [9.17, 15) is 4.79 Å². The number of carbonyl (C=O) groups excluding carboxylic acids is 1. The average Bonchev–Trinajstić information content (AvgIpc) is 2.88. The highest BCUT2D eigenvalue weighted by molar-refractivity contribution is 5.80. The molecular formula is C14H27N3O. The first-order valence-electron chi connectivity index (χ1n) is 7.16. The summed E-state index contributed by atoms with van der Waals surface area (Å²) >= 11 is 0. The van der Waals surface area contributed by atoms with Gasteiger partial charge in [0.25, 0.3) is 0 Å². The van der Waals surface area contributed by atoms with Crippen LogP contribution in [0.3, 0.4) is 0 Å². The van der Waals surface area contributed by atoms with Crippen molar-refractivity contribution in [3.05, 3.63) is 0 Å². The van der Waals surface area contributed by atoms with E-state index in [1.165, 1.54) is 25.7 Å². The lowest BCUT2D eigenvalue weighted by atomic mass is 9.94. The van der Waals surface area contributed by atoms with E-state index in [1.807, 2.05) is 0 Å². The second-order valence-corrected chi connectivity index (χ2v) is 6.42. The monoisotopic (exact) mass is 253 g/mol. The van der Waals surface area contributed by atoms with Gasteiger partial charge in [-0.1, -0.05) is 26.7 Å². The van der Waals surface area contributed by atoms with Crippen molar-refractivity contribution in [1.29, 1.82) is 0 Å². The van der Waals surface area contributed by atoms with E-state index in [0.29, 0.717) is 12.5 Å². The van der Waals surface area contributed by atoms with Gasteiger partial charge in [-0.05, 0) is 32.9 Å². The van der Waals surface area contributed by atoms with E-state index >= 15 is 0 Å². The highest BCUT2D eigenvalue weighted by Crippen LogP contribution is 2.35. The summed E-state index contributed by atoms with van der Waals surface area (Å²) < 4.78 is 0. The van der Waals surface area contributed by atoms with Gasteiger partial charge in [0.05, 0.1) is 12.7 Å². The normalized spacial score (nSPS) is 27.8. The van der Waals surface area contributed by atoms with E-state index in [1.54, 1.807) is 0 Å². The molecule has 4 nitrogen and oxygen atoms in total. The van der Waals surface area contributed by atoms with Gasteiger partial charge >= 0.3 is 0 Å². The van der Waals surface area contributed by atoms with Crippen LogP contribution >= 0.6 is 0 Å². The van der Waals surface area contributed by atoms with Crippen molar-refractivity contribution in [2.24, 2.45) is 5.92 Å². The molecule has 1 amide bonds. The minimum Gasteiger partial charge on any atom is -0.324 e. The summed E-state index contributed by atoms with van der Waals surface area (Å²) in [6, 6.07) is 0. The summed E-state index contributed by atoms with van der Waals surface area (Å²) in [5.74, 6) is 0.735. The van der Waals surface area contributed by atoms with Crippen molar-refractivity contribution >= 4 is 5.91 Å². The van der Waals surface area contributed by atoms with Crippen LogP contribution < -0.4 is 5.32 Å². The van der Waals surface area contributed by atoms with Gasteiger partial charge in [0.2, 0.25) is 5.91 Å². The Morgan fingerprint density at radius 3 is 2.50 bits per heavy atom. The second kappa shape index (κ2) is 5.17. The molecule has 0 spiro atoms. The molecule has 1 saturated carbocycles. The Kier molecular flexibility index (Phi) is 3.97. The van der Waals surface area contributed by atoms with Crippen LogP contribution in [0.2, 0.25) is 0 Å². The third-order valence-electron chi connectivity index (χ3n) is 4.70. The molecule has 18 heavy (non-hydrogen) atoms. The molecule has 2 aliphatic rings. The topological polar surface area (TPSA) is 35.6 Å². The number of rotatable bonds is 4. The van der Waals surface area contributed by atoms with Crippen LogP contribution in [-0.2, 0) is 4.79 Å². The van der Waals surface area contributed by atoms with Crippen molar-refractivity contribution < 1.29 is 4.79 Å². The van der Waals surface area contributed by atoms with E-state index < -0.39 is 0 Å². The molecule has 4 heteroatoms. The lowest BCUT2D eigenvalue weighted by Gasteiger charge is -2.41. The molecule has 0 aromatic rings. The van der Waals surface area contributed by atoms with Crippen LogP contribution in [0.25, 0.3) is 0 Å². The van der Waals surface area contributed by atoms with Gasteiger partial charge in [0, 0.05) is 12.1 Å². The zero-order valence-corrected chi connectivity index (χ0v) is 12.2. The Labute approximate surface area is 111 Å². The Hall–Kier alpha value is -0.610. The third-order valence-corrected chi connectivity index (χ3v) is 4.70. The summed E-state index contributed by atoms with van der Waals surface area (Å²) in [7, 11) is 4.31. The fraction of sp³-hybridized carbons (Fsp3) is 0.929. The van der Waals surface area contributed by atoms with Gasteiger partial charge in [-0.2, -0.15) is 0 Å². The highest BCUT2D eigenvalue weighted by atomic mass is 16.2. The molecule has 2 rings (SSSR count). The minimum absolute atomic E-state index is 0.203. The Morgan fingerprint density at radius 1 is 1.39 bits per heavy atom. The van der Waals surface area contributed by atoms with Crippen molar-refractivity contribution in [2.45, 2.75) is 51.2 Å². The van der Waals surface area contributed by atoms with Crippen LogP contribution in [-0.4, -0.2) is 54.6 Å². The number of carbonyl (C=O) groups is 1. The third kappa shape index (κ3) is 2.41. The Morgan fingerprint density at radius 2 is 2.00 bits per heavy atom. The van der Waals surface area contributed by atoms with Crippen LogP contribution in [0, 0.1) is 5.92 Å². The van der Waals surface area contributed by atoms with E-state index in [2.05, 4.69) is 43.1 Å². The number of nitrogens with one attached hydrogen (secondary N) is 1. The van der Waals surface area contributed by atoms with Gasteiger partial charge in [-0.15, -0.1) is 0 Å². The number of likely N-dealkylation sites (N-methyl/N-ethyl adjacent to an activating group) is 1. The number of nitrogens with zero attached hydrogens (tertiary/aromatic N) is 2. The maximum absolute atomic E-state index is 12.1. The average molecular weight is 253 g/mol. The van der Waals surface area contributed by atoms with E-state index in [-0.39, 0.29) is 17.6 Å². The van der Waals surface area contributed by atoms with Crippen molar-refractivity contribution in [3.63, 3.8) is 0 Å². The van der Waals surface area contributed by atoms with Crippen molar-refractivity contribution in [3.8, 4) is 0 Å². The summed E-state index contributed by atoms with van der Waals surface area (Å²) in [6.07, 6.45) is 5.23. The molecule has 1 aliphatic carbocycles. The fourth-order valence-corrected chi connectivity index (χ4v) is 3.44. The van der Waals surface area contributed by atoms with Crippen LogP contribution in [0.15, 0.2) is 0 Å². The molecule has 1 saturated heterocycles. The van der Waals surface area contributed by atoms with E-state index in [0.717, 1.165) is 6.54 Å². The highest BCUT2D eigenvalue weighted by Gasteiger charge is 2.42. The first-order valence-corrected chi connectivity index (χ1v) is 7.16. The predicted octanol–water partition coefficient (Wildman–Crippen LogP) is 1.27. The molecule has 0 bridgehead atoms. The van der Waals surface area contributed by atoms with Crippen LogP contribution in [0.1, 0.15) is 39.5 Å². The van der Waals surface area contributed by atoms with Gasteiger partial charge < -0.3 is 9.80 Å². The summed E-state index contributed by atoms with van der Waals surface area (Å²) in [6.45, 7) is 5.75. The summed E-state index contributed by atoms with van der Waals surface area (Å²) in [4.78, 5) is 16.5. The largest absolute Gasteiger partial charge is 0.324 e. The van der Waals surface area contributed by atoms with Gasteiger partial charge in [0.15, 0.2) is 0 Å². The molecule has 2 fully saturated rings. The molecule has 104 valence electrons. The first kappa shape index (κ1) is 13.8. The van der Waals surface area contributed by atoms with Gasteiger partial charge in [-0.3, -0.25) is 10.1 Å². The number of amides is 1. The Bertz CT molecular complexity index is 308. The SMILES string of the molecule is CC(C)C1NCC(=O)N1CC1(N(C)C)CCCC1. The van der Waals surface area contributed by atoms with Gasteiger partial charge in [0.1, 0.15) is 0 Å². The first-order chi connectivity index (χ1) is 8.46. The van der Waals surface area contributed by atoms with E-state index in [4.69, 9.17) is 0 Å². The molecule has 1 atom stereocenters. The molecule has 0 aromatic carbocycles. The zero-order chi connectivity index (χ0) is 13.3. The molecule has 0 radical (unpaired) electrons. The molecule has 1 heterocycles. The standard InChI is InChI=1S/C14H27N3O/c1-11(2)13-15-9-12(18)17(13)10-14(16(3)4)7-5-6-8-14/h11,13,15H,5-10H2,1-4H3. The van der Waals surface area contributed by atoms with Crippen LogP contribution in [0.4, 0.5) is 0 Å².